The number of nitrogen functional groups attached to an aromatic ring is 1. The standard InChI is InChI=1S/C20H22FN9O6S2/c1-30(2,6-11-26-23-9-35-11)5-3-4-10-7-37-18-13(17(32)29(18)14(10)19(33)34)24-16(31)12(27-36-8-21)15-25-20(22)38-28-15/h3-4,9,13,18H,5-8H2,1-2H3,(H3-,22,24,25,28,31,33,34)/b4-3+,27-12-/t13-,18+/m1/s1. The Kier molecular flexibility index (Phi) is 8.02. The van der Waals surface area contributed by atoms with E-state index in [-0.39, 0.29) is 22.4 Å². The zero-order valence-electron chi connectivity index (χ0n) is 20.1. The summed E-state index contributed by atoms with van der Waals surface area (Å²) >= 11 is 2.04. The number of nitrogens with one attached hydrogen (secondary N) is 1. The molecule has 15 nitrogen and oxygen atoms in total. The second-order valence-corrected chi connectivity index (χ2v) is 10.6. The first-order valence-electron chi connectivity index (χ1n) is 10.9. The molecule has 0 aromatic carbocycles. The van der Waals surface area contributed by atoms with Gasteiger partial charge in [0.05, 0.1) is 32.3 Å². The maximum Gasteiger partial charge on any atom is 0.278 e. The molecule has 2 aromatic rings. The number of carbonyl (C=O) groups excluding carboxylic acids is 3. The second-order valence-electron chi connectivity index (χ2n) is 8.67. The zero-order valence-corrected chi connectivity index (χ0v) is 21.7. The number of aliphatic carboxylic acids is 1. The Hall–Kier alpha value is -3.90. The molecule has 2 aliphatic heterocycles. The number of thioether (sulfide) groups is 1. The number of anilines is 1. The number of oxime groups is 1. The maximum absolute atomic E-state index is 12.9. The molecule has 0 bridgehead atoms. The lowest BCUT2D eigenvalue weighted by molar-refractivity contribution is -0.899. The van der Waals surface area contributed by atoms with Crippen LogP contribution in [0.1, 0.15) is 11.7 Å². The van der Waals surface area contributed by atoms with Gasteiger partial charge in [-0.1, -0.05) is 11.2 Å². The molecular formula is C20H22FN9O6S2. The Morgan fingerprint density at radius 2 is 2.26 bits per heavy atom. The number of carboxylic acid groups (broad SMARTS) is 1. The van der Waals surface area contributed by atoms with E-state index in [1.165, 1.54) is 18.2 Å². The van der Waals surface area contributed by atoms with E-state index in [0.29, 0.717) is 29.0 Å². The van der Waals surface area contributed by atoms with Crippen LogP contribution in [0.5, 0.6) is 0 Å². The van der Waals surface area contributed by atoms with Gasteiger partial charge < -0.3 is 34.7 Å². The highest BCUT2D eigenvalue weighted by atomic mass is 32.2. The maximum atomic E-state index is 12.9. The lowest BCUT2D eigenvalue weighted by atomic mass is 10.0. The van der Waals surface area contributed by atoms with Crippen LogP contribution in [0, 0.1) is 0 Å². The number of alkyl halides is 1. The van der Waals surface area contributed by atoms with Crippen molar-refractivity contribution in [3.63, 3.8) is 0 Å². The Morgan fingerprint density at radius 1 is 1.47 bits per heavy atom. The van der Waals surface area contributed by atoms with E-state index >= 15 is 0 Å². The molecule has 202 valence electrons. The minimum Gasteiger partial charge on any atom is -0.543 e. The predicted molar refractivity (Wildman–Crippen MR) is 129 cm³/mol. The van der Waals surface area contributed by atoms with Gasteiger partial charge in [0.15, 0.2) is 11.7 Å². The highest BCUT2D eigenvalue weighted by molar-refractivity contribution is 8.00. The lowest BCUT2D eigenvalue weighted by Gasteiger charge is -2.50. The van der Waals surface area contributed by atoms with Gasteiger partial charge in [-0.25, -0.2) is 4.39 Å². The van der Waals surface area contributed by atoms with Gasteiger partial charge in [-0.3, -0.25) is 14.5 Å². The minimum atomic E-state index is -1.52. The molecule has 4 rings (SSSR count). The van der Waals surface area contributed by atoms with Gasteiger partial charge in [-0.15, -0.1) is 22.0 Å². The molecular weight excluding hydrogens is 545 g/mol. The van der Waals surface area contributed by atoms with Crippen LogP contribution in [0.15, 0.2) is 39.4 Å². The fourth-order valence-corrected chi connectivity index (χ4v) is 5.50. The number of quaternary nitrogens is 1. The van der Waals surface area contributed by atoms with E-state index in [4.69, 9.17) is 10.2 Å². The highest BCUT2D eigenvalue weighted by Gasteiger charge is 2.53. The van der Waals surface area contributed by atoms with Crippen molar-refractivity contribution in [2.75, 3.05) is 39.0 Å². The van der Waals surface area contributed by atoms with Crippen molar-refractivity contribution in [1.29, 1.82) is 0 Å². The van der Waals surface area contributed by atoms with Crippen molar-refractivity contribution in [2.45, 2.75) is 18.0 Å². The quantitative estimate of drug-likeness (QED) is 0.136. The Balaban J connectivity index is 1.46. The van der Waals surface area contributed by atoms with E-state index in [1.807, 2.05) is 14.1 Å². The summed E-state index contributed by atoms with van der Waals surface area (Å²) in [5, 5.41) is 24.7. The fourth-order valence-electron chi connectivity index (χ4n) is 3.75. The van der Waals surface area contributed by atoms with Crippen molar-refractivity contribution < 1.29 is 37.6 Å². The largest absolute Gasteiger partial charge is 0.543 e. The molecule has 2 atom stereocenters. The summed E-state index contributed by atoms with van der Waals surface area (Å²) in [5.74, 6) is -2.60. The normalized spacial score (nSPS) is 19.9. The number of halogens is 1. The van der Waals surface area contributed by atoms with Crippen molar-refractivity contribution in [1.82, 2.24) is 29.8 Å². The van der Waals surface area contributed by atoms with E-state index in [0.717, 1.165) is 16.4 Å². The number of fused-ring (bicyclic) bond motifs is 1. The number of likely N-dealkylation sites (N-methyl/N-ethyl adjacent to an activating group) is 1. The number of rotatable bonds is 11. The van der Waals surface area contributed by atoms with Crippen LogP contribution < -0.4 is 16.2 Å². The molecule has 0 radical (unpaired) electrons. The second kappa shape index (κ2) is 11.2. The topological polar surface area (TPSA) is 202 Å². The van der Waals surface area contributed by atoms with Crippen LogP contribution in [0.3, 0.4) is 0 Å². The van der Waals surface area contributed by atoms with Crippen molar-refractivity contribution in [2.24, 2.45) is 5.16 Å². The summed E-state index contributed by atoms with van der Waals surface area (Å²) in [5.41, 5.74) is 5.17. The van der Waals surface area contributed by atoms with Crippen molar-refractivity contribution >= 4 is 51.9 Å². The number of hydrogen-bond acceptors (Lipinski definition) is 14. The monoisotopic (exact) mass is 567 g/mol. The van der Waals surface area contributed by atoms with E-state index < -0.39 is 41.8 Å². The molecule has 0 aliphatic carbocycles. The smallest absolute Gasteiger partial charge is 0.278 e. The van der Waals surface area contributed by atoms with Gasteiger partial charge in [0.1, 0.15) is 11.4 Å². The molecule has 1 fully saturated rings. The number of hydrogen-bond donors (Lipinski definition) is 2. The summed E-state index contributed by atoms with van der Waals surface area (Å²) in [7, 11) is 3.87. The van der Waals surface area contributed by atoms with Crippen LogP contribution in [0.25, 0.3) is 0 Å². The summed E-state index contributed by atoms with van der Waals surface area (Å²) in [6, 6.07) is -1.08. The van der Waals surface area contributed by atoms with Crippen LogP contribution in [0.2, 0.25) is 0 Å². The summed E-state index contributed by atoms with van der Waals surface area (Å²) in [6.07, 6.45) is 4.67. The van der Waals surface area contributed by atoms with Gasteiger partial charge in [-0.2, -0.15) is 9.36 Å². The average Bonchev–Trinajstić information content (AvgIpc) is 3.53. The Labute approximate surface area is 223 Å². The number of carbonyl (C=O) groups is 3. The highest BCUT2D eigenvalue weighted by Crippen LogP contribution is 2.40. The van der Waals surface area contributed by atoms with E-state index in [1.54, 1.807) is 12.2 Å². The number of aromatic nitrogens is 4. The van der Waals surface area contributed by atoms with Crippen LogP contribution >= 0.6 is 23.3 Å². The minimum absolute atomic E-state index is 0.0376. The van der Waals surface area contributed by atoms with Gasteiger partial charge in [0.25, 0.3) is 24.6 Å². The third-order valence-electron chi connectivity index (χ3n) is 5.44. The van der Waals surface area contributed by atoms with Crippen molar-refractivity contribution in [3.05, 3.63) is 41.5 Å². The molecule has 0 unspecified atom stereocenters. The van der Waals surface area contributed by atoms with Gasteiger partial charge in [-0.05, 0) is 11.6 Å². The molecule has 0 saturated carbocycles. The van der Waals surface area contributed by atoms with Gasteiger partial charge in [0.2, 0.25) is 17.9 Å². The van der Waals surface area contributed by atoms with Crippen LogP contribution in [0.4, 0.5) is 9.52 Å². The first-order chi connectivity index (χ1) is 18.1. The van der Waals surface area contributed by atoms with Crippen LogP contribution in [-0.4, -0.2) is 97.1 Å². The van der Waals surface area contributed by atoms with Gasteiger partial charge >= 0.3 is 0 Å². The number of nitrogens with zero attached hydrogens (tertiary/aromatic N) is 7. The number of β-lactam (4-membered cyclic amide) rings is 1. The Bertz CT molecular complexity index is 1310. The van der Waals surface area contributed by atoms with Crippen molar-refractivity contribution in [3.8, 4) is 0 Å². The third-order valence-corrected chi connectivity index (χ3v) is 7.28. The predicted octanol–water partition coefficient (Wildman–Crippen LogP) is -1.61. The average molecular weight is 568 g/mol. The number of allylic oxidation sites excluding steroid dienone is 1. The summed E-state index contributed by atoms with van der Waals surface area (Å²) < 4.78 is 22.0. The molecule has 0 spiro atoms. The molecule has 2 aliphatic rings. The van der Waals surface area contributed by atoms with Gasteiger partial charge in [0, 0.05) is 17.3 Å². The number of nitrogens with two attached hydrogens (primary N) is 1. The molecule has 18 heteroatoms. The lowest BCUT2D eigenvalue weighted by Crippen LogP contribution is -2.71. The molecule has 1 saturated heterocycles. The van der Waals surface area contributed by atoms with E-state index in [2.05, 4.69) is 34.9 Å². The number of amides is 2. The zero-order chi connectivity index (χ0) is 27.4. The molecule has 2 aromatic heterocycles. The first-order valence-corrected chi connectivity index (χ1v) is 12.7. The summed E-state index contributed by atoms with van der Waals surface area (Å²) in [4.78, 5) is 46.9. The molecule has 3 N–H and O–H groups in total. The first kappa shape index (κ1) is 27.1. The molecule has 4 heterocycles. The SMILES string of the molecule is C[N+](C)(C/C=C/C1=C(C(=O)[O-])N2C(=O)[C@@H](NC(=O)/C(=N\OCF)c3nsc(N)n3)[C@@H]2SC1)Cc1nnco1. The Morgan fingerprint density at radius 3 is 2.89 bits per heavy atom. The van der Waals surface area contributed by atoms with Crippen LogP contribution in [-0.2, 0) is 25.8 Å². The fraction of sp³-hybridized carbons (Fsp3) is 0.400. The summed E-state index contributed by atoms with van der Waals surface area (Å²) in [6.45, 7) is -0.344. The van der Waals surface area contributed by atoms with E-state index in [9.17, 15) is 23.9 Å². The number of carboxylic acids is 1. The third kappa shape index (κ3) is 5.81. The molecule has 2 amide bonds. The molecule has 38 heavy (non-hydrogen) atoms.